The fourth-order valence-corrected chi connectivity index (χ4v) is 13.5. The van der Waals surface area contributed by atoms with Crippen LogP contribution in [-0.4, -0.2) is 317 Å². The zero-order chi connectivity index (χ0) is 74.5. The molecule has 6 saturated heterocycles. The molecule has 12 heterocycles. The van der Waals surface area contributed by atoms with Gasteiger partial charge in [-0.25, -0.2) is 28.8 Å². The molecule has 108 heavy (non-hydrogen) atoms. The van der Waals surface area contributed by atoms with Crippen molar-refractivity contribution in [2.75, 3.05) is 197 Å². The monoisotopic (exact) mass is 1490 g/mol. The smallest absolute Gasteiger partial charge is 0.340 e. The minimum absolute atomic E-state index is 0.0215. The predicted octanol–water partition coefficient (Wildman–Crippen LogP) is 4.37. The topological polar surface area (TPSA) is 301 Å². The SMILES string of the molecule is O=C(OC[C@H](OC(=O)c1ccc(CCN2CCOCC2)nc1)[C@@H](OC(=O)c1ccc(CCN2CCOCC2)nc1)[C@H](OC(=O)c1ccc(CCN2CCOCC2)nc1)[C@@H](COC(=O)c1ccc(CCN2CCOCC2)nc1)OC(=O)c1ccc(CCN2CCOCC2)nc1)c1ccc(CCN2CCCCC2)nc1. The summed E-state index contributed by atoms with van der Waals surface area (Å²) in [5.74, 6) is -6.06. The van der Waals surface area contributed by atoms with Crippen LogP contribution in [0.2, 0.25) is 0 Å². The third-order valence-electron chi connectivity index (χ3n) is 20.3. The summed E-state index contributed by atoms with van der Waals surface area (Å²) in [6.07, 6.45) is 6.83. The molecule has 29 heteroatoms. The first-order chi connectivity index (χ1) is 53.0. The van der Waals surface area contributed by atoms with Crippen molar-refractivity contribution >= 4 is 35.8 Å². The number of pyridine rings is 6. The van der Waals surface area contributed by atoms with E-state index in [1.807, 2.05) is 0 Å². The Hall–Kier alpha value is -8.72. The molecule has 0 aromatic carbocycles. The van der Waals surface area contributed by atoms with E-state index in [4.69, 9.17) is 52.1 Å². The van der Waals surface area contributed by atoms with Crippen LogP contribution in [0, 0.1) is 0 Å². The molecular weight excluding hydrogens is 1390 g/mol. The number of nitrogens with zero attached hydrogens (tertiary/aromatic N) is 12. The molecule has 6 aliphatic rings. The molecule has 578 valence electrons. The van der Waals surface area contributed by atoms with Crippen LogP contribution < -0.4 is 0 Å². The molecule has 0 N–H and O–H groups in total. The Morgan fingerprint density at radius 3 is 0.713 bits per heavy atom. The van der Waals surface area contributed by atoms with E-state index in [2.05, 4.69) is 59.3 Å². The lowest BCUT2D eigenvalue weighted by molar-refractivity contribution is -0.138. The van der Waals surface area contributed by atoms with Gasteiger partial charge in [0.2, 0.25) is 0 Å². The molecule has 6 aromatic rings. The third-order valence-corrected chi connectivity index (χ3v) is 20.3. The molecule has 0 spiro atoms. The van der Waals surface area contributed by atoms with Crippen LogP contribution in [0.25, 0.3) is 0 Å². The van der Waals surface area contributed by atoms with Crippen molar-refractivity contribution in [3.05, 3.63) is 178 Å². The van der Waals surface area contributed by atoms with Gasteiger partial charge in [0, 0.05) is 215 Å². The van der Waals surface area contributed by atoms with Gasteiger partial charge in [-0.15, -0.1) is 0 Å². The maximum atomic E-state index is 15.4. The number of likely N-dealkylation sites (tertiary alicyclic amines) is 1. The summed E-state index contributed by atoms with van der Waals surface area (Å²) < 4.78 is 66.2. The number of esters is 6. The van der Waals surface area contributed by atoms with Crippen LogP contribution >= 0.6 is 0 Å². The largest absolute Gasteiger partial charge is 0.458 e. The van der Waals surface area contributed by atoms with E-state index in [0.717, 1.165) is 110 Å². The molecule has 0 amide bonds. The van der Waals surface area contributed by atoms with Crippen LogP contribution in [0.5, 0.6) is 0 Å². The summed E-state index contributed by atoms with van der Waals surface area (Å²) in [5, 5.41) is 0. The Morgan fingerprint density at radius 1 is 0.278 bits per heavy atom. The molecule has 0 bridgehead atoms. The van der Waals surface area contributed by atoms with Gasteiger partial charge < -0.3 is 57.0 Å². The van der Waals surface area contributed by atoms with E-state index in [1.165, 1.54) is 67.9 Å². The van der Waals surface area contributed by atoms with Crippen molar-refractivity contribution < 1.29 is 80.9 Å². The molecule has 4 atom stereocenters. The minimum atomic E-state index is -2.13. The highest BCUT2D eigenvalue weighted by molar-refractivity contribution is 5.92. The van der Waals surface area contributed by atoms with Crippen LogP contribution in [0.4, 0.5) is 0 Å². The second-order valence-corrected chi connectivity index (χ2v) is 27.7. The number of piperidine rings is 1. The quantitative estimate of drug-likeness (QED) is 0.0394. The highest BCUT2D eigenvalue weighted by Gasteiger charge is 2.47. The highest BCUT2D eigenvalue weighted by atomic mass is 16.6. The number of aromatic nitrogens is 6. The van der Waals surface area contributed by atoms with Gasteiger partial charge in [0.05, 0.1) is 99.4 Å². The van der Waals surface area contributed by atoms with Crippen LogP contribution in [0.1, 0.15) is 116 Å². The standard InChI is InChI=1S/C79H100N12O17/c92-74(58-4-10-64(80-50-58)16-24-86-22-2-1-3-23-86)103-56-70(105-76(94)60-6-12-66(82-52-60)18-26-88-32-42-99-43-33-88)72(107-78(96)62-8-14-68(84-54-62)20-28-90-36-46-101-47-37-90)73(108-79(97)63-9-15-69(85-55-63)21-29-91-38-48-102-49-39-91)71(106-77(95)61-7-13-67(83-53-61)19-27-89-34-44-100-45-35-89)57-104-75(93)59-5-11-65(81-51-59)17-25-87-30-40-98-41-31-87/h4-15,50-55,70-73H,1-3,16-49,56-57H2/t70-,71+,72+,73+/m0/s1. The van der Waals surface area contributed by atoms with Crippen LogP contribution in [0.15, 0.2) is 110 Å². The number of rotatable bonds is 35. The van der Waals surface area contributed by atoms with E-state index >= 15 is 19.2 Å². The van der Waals surface area contributed by atoms with Gasteiger partial charge in [0.25, 0.3) is 0 Å². The van der Waals surface area contributed by atoms with Crippen molar-refractivity contribution in [2.45, 2.75) is 82.2 Å². The van der Waals surface area contributed by atoms with E-state index in [-0.39, 0.29) is 33.4 Å². The Labute approximate surface area is 630 Å². The molecule has 0 aliphatic carbocycles. The van der Waals surface area contributed by atoms with E-state index in [0.29, 0.717) is 159 Å². The van der Waals surface area contributed by atoms with Crippen molar-refractivity contribution in [2.24, 2.45) is 0 Å². The number of carbonyl (C=O) groups is 6. The summed E-state index contributed by atoms with van der Waals surface area (Å²) in [5.41, 5.74) is 3.91. The van der Waals surface area contributed by atoms with Gasteiger partial charge >= 0.3 is 35.8 Å². The Kier molecular flexibility index (Phi) is 30.5. The van der Waals surface area contributed by atoms with E-state index < -0.39 is 73.4 Å². The van der Waals surface area contributed by atoms with Crippen molar-refractivity contribution in [3.8, 4) is 0 Å². The lowest BCUT2D eigenvalue weighted by atomic mass is 10.0. The fraction of sp³-hybridized carbons (Fsp3) is 0.544. The molecule has 6 aromatic heterocycles. The zero-order valence-electron chi connectivity index (χ0n) is 61.6. The molecule has 0 unspecified atom stereocenters. The summed E-state index contributed by atoms with van der Waals surface area (Å²) in [6, 6.07) is 19.5. The first kappa shape index (κ1) is 78.8. The van der Waals surface area contributed by atoms with E-state index in [9.17, 15) is 9.59 Å². The van der Waals surface area contributed by atoms with Gasteiger partial charge in [-0.2, -0.15) is 0 Å². The number of carbonyl (C=O) groups excluding carboxylic acids is 6. The first-order valence-corrected chi connectivity index (χ1v) is 38.1. The first-order valence-electron chi connectivity index (χ1n) is 38.1. The molecule has 12 rings (SSSR count). The van der Waals surface area contributed by atoms with Gasteiger partial charge in [0.15, 0.2) is 24.4 Å². The zero-order valence-corrected chi connectivity index (χ0v) is 61.6. The number of ether oxygens (including phenoxy) is 11. The second-order valence-electron chi connectivity index (χ2n) is 27.7. The number of hydrogen-bond acceptors (Lipinski definition) is 29. The summed E-state index contributed by atoms with van der Waals surface area (Å²) in [4.78, 5) is 132. The number of hydrogen-bond donors (Lipinski definition) is 0. The Morgan fingerprint density at radius 2 is 0.491 bits per heavy atom. The summed E-state index contributed by atoms with van der Waals surface area (Å²) in [6.45, 7) is 18.2. The van der Waals surface area contributed by atoms with Crippen molar-refractivity contribution in [3.63, 3.8) is 0 Å². The van der Waals surface area contributed by atoms with Crippen LogP contribution in [-0.2, 0) is 90.6 Å². The minimum Gasteiger partial charge on any atom is -0.458 e. The third kappa shape index (κ3) is 24.6. The predicted molar refractivity (Wildman–Crippen MR) is 392 cm³/mol. The van der Waals surface area contributed by atoms with E-state index in [1.54, 1.807) is 48.5 Å². The van der Waals surface area contributed by atoms with Crippen LogP contribution in [0.3, 0.4) is 0 Å². The van der Waals surface area contributed by atoms with Gasteiger partial charge in [0.1, 0.15) is 13.2 Å². The maximum Gasteiger partial charge on any atom is 0.340 e. The van der Waals surface area contributed by atoms with Gasteiger partial charge in [-0.3, -0.25) is 54.4 Å². The fourth-order valence-electron chi connectivity index (χ4n) is 13.5. The molecule has 0 saturated carbocycles. The Balaban J connectivity index is 0.913. The Bertz CT molecular complexity index is 3530. The molecule has 29 nitrogen and oxygen atoms in total. The number of morpholine rings is 5. The molecule has 6 fully saturated rings. The summed E-state index contributed by atoms with van der Waals surface area (Å²) >= 11 is 0. The average Bonchev–Trinajstić information content (AvgIpc) is 0.801. The van der Waals surface area contributed by atoms with Gasteiger partial charge in [-0.05, 0) is 98.7 Å². The highest BCUT2D eigenvalue weighted by Crippen LogP contribution is 2.27. The maximum absolute atomic E-state index is 15.4. The summed E-state index contributed by atoms with van der Waals surface area (Å²) in [7, 11) is 0. The van der Waals surface area contributed by atoms with Gasteiger partial charge in [-0.1, -0.05) is 6.42 Å². The molecular formula is C79H100N12O17. The second kappa shape index (κ2) is 41.7. The lowest BCUT2D eigenvalue weighted by Crippen LogP contribution is -2.54. The molecule has 0 radical (unpaired) electrons. The van der Waals surface area contributed by atoms with Crippen molar-refractivity contribution in [1.29, 1.82) is 0 Å². The molecule has 6 aliphatic heterocycles. The lowest BCUT2D eigenvalue weighted by Gasteiger charge is -2.35. The average molecular weight is 1490 g/mol. The van der Waals surface area contributed by atoms with Crippen molar-refractivity contribution in [1.82, 2.24) is 59.3 Å². The normalized spacial score (nSPS) is 18.6.